The SMILES string of the molecule is COC(=O)c1ccc(-c2nnc(CCCOS(=O)(=O)c3ccc(C)cc3)o2)cc1. The molecule has 0 saturated carbocycles. The van der Waals surface area contributed by atoms with E-state index in [1.807, 2.05) is 6.92 Å². The second kappa shape index (κ2) is 8.97. The monoisotopic (exact) mass is 416 g/mol. The minimum atomic E-state index is -3.79. The van der Waals surface area contributed by atoms with Gasteiger partial charge >= 0.3 is 5.97 Å². The van der Waals surface area contributed by atoms with E-state index in [1.54, 1.807) is 36.4 Å². The molecule has 0 N–H and O–H groups in total. The van der Waals surface area contributed by atoms with Crippen LogP contribution in [0, 0.1) is 6.92 Å². The van der Waals surface area contributed by atoms with Gasteiger partial charge in [0, 0.05) is 12.0 Å². The number of ether oxygens (including phenoxy) is 1. The minimum absolute atomic E-state index is 0.00174. The lowest BCUT2D eigenvalue weighted by Gasteiger charge is -2.05. The molecule has 2 aromatic carbocycles. The largest absolute Gasteiger partial charge is 0.465 e. The van der Waals surface area contributed by atoms with E-state index in [1.165, 1.54) is 19.2 Å². The zero-order valence-corrected chi connectivity index (χ0v) is 16.8. The molecular formula is C20H20N2O6S. The van der Waals surface area contributed by atoms with Gasteiger partial charge < -0.3 is 9.15 Å². The van der Waals surface area contributed by atoms with Gasteiger partial charge in [-0.2, -0.15) is 8.42 Å². The maximum absolute atomic E-state index is 12.1. The Kier molecular flexibility index (Phi) is 6.40. The van der Waals surface area contributed by atoms with Crippen molar-refractivity contribution in [3.8, 4) is 11.5 Å². The summed E-state index contributed by atoms with van der Waals surface area (Å²) in [5, 5.41) is 7.93. The van der Waals surface area contributed by atoms with Crippen LogP contribution in [-0.4, -0.2) is 38.3 Å². The Bertz CT molecular complexity index is 1070. The van der Waals surface area contributed by atoms with Crippen molar-refractivity contribution in [1.29, 1.82) is 0 Å². The molecule has 0 fully saturated rings. The summed E-state index contributed by atoms with van der Waals surface area (Å²) in [4.78, 5) is 11.6. The summed E-state index contributed by atoms with van der Waals surface area (Å²) < 4.78 is 39.6. The Labute approximate surface area is 168 Å². The molecule has 1 heterocycles. The van der Waals surface area contributed by atoms with Crippen LogP contribution in [0.5, 0.6) is 0 Å². The Balaban J connectivity index is 1.53. The smallest absolute Gasteiger partial charge is 0.337 e. The number of carbonyl (C=O) groups is 1. The number of aryl methyl sites for hydroxylation is 2. The van der Waals surface area contributed by atoms with Crippen LogP contribution in [0.1, 0.15) is 28.2 Å². The minimum Gasteiger partial charge on any atom is -0.465 e. The summed E-state index contributed by atoms with van der Waals surface area (Å²) in [7, 11) is -2.47. The first kappa shape index (κ1) is 20.7. The van der Waals surface area contributed by atoms with Gasteiger partial charge in [0.15, 0.2) is 0 Å². The van der Waals surface area contributed by atoms with Crippen molar-refractivity contribution in [1.82, 2.24) is 10.2 Å². The highest BCUT2D eigenvalue weighted by molar-refractivity contribution is 7.86. The summed E-state index contributed by atoms with van der Waals surface area (Å²) in [6.07, 6.45) is 0.769. The molecule has 9 heteroatoms. The molecule has 152 valence electrons. The summed E-state index contributed by atoms with van der Waals surface area (Å²) in [6, 6.07) is 13.0. The number of carbonyl (C=O) groups excluding carboxylic acids is 1. The van der Waals surface area contributed by atoms with Crippen molar-refractivity contribution in [3.63, 3.8) is 0 Å². The van der Waals surface area contributed by atoms with Gasteiger partial charge in [0.2, 0.25) is 11.8 Å². The molecule has 3 aromatic rings. The van der Waals surface area contributed by atoms with Crippen molar-refractivity contribution in [2.75, 3.05) is 13.7 Å². The lowest BCUT2D eigenvalue weighted by molar-refractivity contribution is 0.0600. The standard InChI is InChI=1S/C20H20N2O6S/c1-14-5-11-17(12-6-14)29(24,25)27-13-3-4-18-21-22-19(28-18)15-7-9-16(10-8-15)20(23)26-2/h5-12H,3-4,13H2,1-2H3. The number of rotatable bonds is 8. The van der Waals surface area contributed by atoms with E-state index in [2.05, 4.69) is 14.9 Å². The topological polar surface area (TPSA) is 109 Å². The van der Waals surface area contributed by atoms with Crippen LogP contribution >= 0.6 is 0 Å². The van der Waals surface area contributed by atoms with E-state index in [4.69, 9.17) is 8.60 Å². The lowest BCUT2D eigenvalue weighted by Crippen LogP contribution is -2.08. The van der Waals surface area contributed by atoms with Gasteiger partial charge in [-0.15, -0.1) is 10.2 Å². The second-order valence-corrected chi connectivity index (χ2v) is 7.88. The Morgan fingerprint density at radius 1 is 1.03 bits per heavy atom. The molecule has 0 amide bonds. The third kappa shape index (κ3) is 5.27. The number of hydrogen-bond donors (Lipinski definition) is 0. The Morgan fingerprint density at radius 3 is 2.38 bits per heavy atom. The van der Waals surface area contributed by atoms with Crippen LogP contribution in [0.2, 0.25) is 0 Å². The van der Waals surface area contributed by atoms with Crippen LogP contribution in [0.3, 0.4) is 0 Å². The molecule has 0 atom stereocenters. The summed E-state index contributed by atoms with van der Waals surface area (Å²) in [5.41, 5.74) is 2.05. The van der Waals surface area contributed by atoms with E-state index in [9.17, 15) is 13.2 Å². The van der Waals surface area contributed by atoms with E-state index in [-0.39, 0.29) is 11.5 Å². The number of benzene rings is 2. The highest BCUT2D eigenvalue weighted by Crippen LogP contribution is 2.19. The number of nitrogens with zero attached hydrogens (tertiary/aromatic N) is 2. The fourth-order valence-electron chi connectivity index (χ4n) is 2.50. The van der Waals surface area contributed by atoms with Gasteiger partial charge in [-0.3, -0.25) is 4.18 Å². The maximum Gasteiger partial charge on any atom is 0.337 e. The Morgan fingerprint density at radius 2 is 1.72 bits per heavy atom. The van der Waals surface area contributed by atoms with Gasteiger partial charge in [-0.1, -0.05) is 17.7 Å². The fourth-order valence-corrected chi connectivity index (χ4v) is 3.45. The van der Waals surface area contributed by atoms with E-state index in [0.717, 1.165) is 5.56 Å². The molecule has 1 aromatic heterocycles. The first-order chi connectivity index (χ1) is 13.9. The molecule has 29 heavy (non-hydrogen) atoms. The van der Waals surface area contributed by atoms with Crippen molar-refractivity contribution >= 4 is 16.1 Å². The van der Waals surface area contributed by atoms with Gasteiger partial charge in [-0.05, 0) is 49.7 Å². The first-order valence-electron chi connectivity index (χ1n) is 8.86. The number of aromatic nitrogens is 2. The average molecular weight is 416 g/mol. The van der Waals surface area contributed by atoms with Gasteiger partial charge in [0.25, 0.3) is 10.1 Å². The lowest BCUT2D eigenvalue weighted by atomic mass is 10.1. The third-order valence-corrected chi connectivity index (χ3v) is 5.43. The summed E-state index contributed by atoms with van der Waals surface area (Å²) in [6.45, 7) is 1.88. The summed E-state index contributed by atoms with van der Waals surface area (Å²) in [5.74, 6) is 0.251. The summed E-state index contributed by atoms with van der Waals surface area (Å²) >= 11 is 0. The van der Waals surface area contributed by atoms with Crippen molar-refractivity contribution in [2.24, 2.45) is 0 Å². The molecule has 0 spiro atoms. The number of methoxy groups -OCH3 is 1. The van der Waals surface area contributed by atoms with Crippen molar-refractivity contribution < 1.29 is 26.5 Å². The Hall–Kier alpha value is -3.04. The zero-order valence-electron chi connectivity index (χ0n) is 16.0. The average Bonchev–Trinajstić information content (AvgIpc) is 3.20. The molecule has 0 radical (unpaired) electrons. The molecule has 8 nitrogen and oxygen atoms in total. The van der Waals surface area contributed by atoms with Crippen molar-refractivity contribution in [3.05, 3.63) is 65.5 Å². The van der Waals surface area contributed by atoms with Crippen molar-refractivity contribution in [2.45, 2.75) is 24.7 Å². The number of esters is 1. The van der Waals surface area contributed by atoms with Crippen LogP contribution < -0.4 is 0 Å². The molecule has 0 aliphatic heterocycles. The highest BCUT2D eigenvalue weighted by Gasteiger charge is 2.15. The zero-order chi connectivity index (χ0) is 20.9. The predicted molar refractivity (Wildman–Crippen MR) is 104 cm³/mol. The molecule has 0 unspecified atom stereocenters. The van der Waals surface area contributed by atoms with E-state index < -0.39 is 16.1 Å². The molecular weight excluding hydrogens is 396 g/mol. The second-order valence-electron chi connectivity index (χ2n) is 6.26. The third-order valence-electron chi connectivity index (χ3n) is 4.10. The molecule has 3 rings (SSSR count). The van der Waals surface area contributed by atoms with Crippen LogP contribution in [0.4, 0.5) is 0 Å². The quantitative estimate of drug-likeness (QED) is 0.313. The maximum atomic E-state index is 12.1. The highest BCUT2D eigenvalue weighted by atomic mass is 32.2. The first-order valence-corrected chi connectivity index (χ1v) is 10.3. The van der Waals surface area contributed by atoms with Gasteiger partial charge in [0.1, 0.15) is 0 Å². The normalized spacial score (nSPS) is 11.4. The number of hydrogen-bond acceptors (Lipinski definition) is 8. The molecule has 0 bridgehead atoms. The molecule has 0 saturated heterocycles. The van der Waals surface area contributed by atoms with E-state index in [0.29, 0.717) is 35.7 Å². The van der Waals surface area contributed by atoms with Crippen LogP contribution in [-0.2, 0) is 25.5 Å². The molecule has 0 aliphatic carbocycles. The van der Waals surface area contributed by atoms with Crippen LogP contribution in [0.15, 0.2) is 57.8 Å². The fraction of sp³-hybridized carbons (Fsp3) is 0.250. The molecule has 0 aliphatic rings. The predicted octanol–water partition coefficient (Wildman–Crippen LogP) is 3.17. The van der Waals surface area contributed by atoms with Gasteiger partial charge in [-0.25, -0.2) is 4.79 Å². The van der Waals surface area contributed by atoms with Crippen LogP contribution in [0.25, 0.3) is 11.5 Å². The van der Waals surface area contributed by atoms with E-state index >= 15 is 0 Å². The van der Waals surface area contributed by atoms with Gasteiger partial charge in [0.05, 0.1) is 24.2 Å².